The highest BCUT2D eigenvalue weighted by molar-refractivity contribution is 5.74. The SMILES string of the molecule is O=C(NCc1cccnc1-n1cccn1)N[C@H]1CCN2CCCC[C@@H]12. The molecule has 2 aromatic heterocycles. The normalized spacial score (nSPS) is 23.2. The molecule has 7 heteroatoms. The second-order valence-corrected chi connectivity index (χ2v) is 6.76. The lowest BCUT2D eigenvalue weighted by Gasteiger charge is -2.32. The van der Waals surface area contributed by atoms with Crippen LogP contribution in [0, 0.1) is 0 Å². The maximum absolute atomic E-state index is 12.4. The molecule has 0 spiro atoms. The van der Waals surface area contributed by atoms with E-state index in [4.69, 9.17) is 0 Å². The maximum Gasteiger partial charge on any atom is 0.315 e. The number of urea groups is 1. The van der Waals surface area contributed by atoms with Crippen LogP contribution in [0.3, 0.4) is 0 Å². The number of carbonyl (C=O) groups excluding carboxylic acids is 1. The number of hydrogen-bond donors (Lipinski definition) is 2. The smallest absolute Gasteiger partial charge is 0.315 e. The fraction of sp³-hybridized carbons (Fsp3) is 0.500. The molecule has 2 atom stereocenters. The molecule has 25 heavy (non-hydrogen) atoms. The van der Waals surface area contributed by atoms with Gasteiger partial charge < -0.3 is 10.6 Å². The fourth-order valence-electron chi connectivity index (χ4n) is 3.98. The Kier molecular flexibility index (Phi) is 4.65. The number of hydrogen-bond acceptors (Lipinski definition) is 4. The summed E-state index contributed by atoms with van der Waals surface area (Å²) in [6.07, 6.45) is 10.1. The Bertz CT molecular complexity index is 716. The van der Waals surface area contributed by atoms with Crippen LogP contribution < -0.4 is 10.6 Å². The van der Waals surface area contributed by atoms with Gasteiger partial charge in [0.25, 0.3) is 0 Å². The minimum Gasteiger partial charge on any atom is -0.334 e. The summed E-state index contributed by atoms with van der Waals surface area (Å²) < 4.78 is 1.71. The topological polar surface area (TPSA) is 75.1 Å². The average molecular weight is 340 g/mol. The Balaban J connectivity index is 1.35. The second kappa shape index (κ2) is 7.23. The standard InChI is InChI=1S/C18H24N6O/c25-18(22-15-7-12-23-10-2-1-6-16(15)23)20-13-14-5-3-8-19-17(14)24-11-4-9-21-24/h3-5,8-9,11,15-16H,1-2,6-7,10,12-13H2,(H2,20,22,25)/t15-,16-/m0/s1. The van der Waals surface area contributed by atoms with E-state index in [-0.39, 0.29) is 12.1 Å². The van der Waals surface area contributed by atoms with E-state index in [1.165, 1.54) is 25.8 Å². The Labute approximate surface area is 147 Å². The van der Waals surface area contributed by atoms with E-state index in [1.807, 2.05) is 24.4 Å². The molecule has 0 bridgehead atoms. The van der Waals surface area contributed by atoms with E-state index in [1.54, 1.807) is 17.1 Å². The first-order valence-corrected chi connectivity index (χ1v) is 9.03. The molecule has 4 rings (SSSR count). The van der Waals surface area contributed by atoms with Gasteiger partial charge in [0.2, 0.25) is 0 Å². The van der Waals surface area contributed by atoms with Crippen LogP contribution in [0.25, 0.3) is 5.82 Å². The van der Waals surface area contributed by atoms with Crippen molar-refractivity contribution >= 4 is 6.03 Å². The van der Waals surface area contributed by atoms with Gasteiger partial charge in [-0.1, -0.05) is 12.5 Å². The van der Waals surface area contributed by atoms with Crippen molar-refractivity contribution in [3.63, 3.8) is 0 Å². The molecule has 2 N–H and O–H groups in total. The first kappa shape index (κ1) is 16.1. The van der Waals surface area contributed by atoms with Gasteiger partial charge in [0, 0.05) is 49.3 Å². The Morgan fingerprint density at radius 1 is 1.20 bits per heavy atom. The van der Waals surface area contributed by atoms with Gasteiger partial charge in [0.05, 0.1) is 0 Å². The Morgan fingerprint density at radius 2 is 2.16 bits per heavy atom. The summed E-state index contributed by atoms with van der Waals surface area (Å²) in [5.74, 6) is 0.743. The summed E-state index contributed by atoms with van der Waals surface area (Å²) in [5, 5.41) is 10.4. The highest BCUT2D eigenvalue weighted by Crippen LogP contribution is 2.27. The lowest BCUT2D eigenvalue weighted by molar-refractivity contribution is 0.179. The molecular weight excluding hydrogens is 316 g/mol. The minimum atomic E-state index is -0.104. The number of nitrogens with zero attached hydrogens (tertiary/aromatic N) is 4. The van der Waals surface area contributed by atoms with E-state index in [0.29, 0.717) is 12.6 Å². The van der Waals surface area contributed by atoms with Crippen LogP contribution in [0.1, 0.15) is 31.2 Å². The molecule has 0 aromatic carbocycles. The summed E-state index contributed by atoms with van der Waals surface area (Å²) in [7, 11) is 0. The van der Waals surface area contributed by atoms with Crippen LogP contribution in [-0.4, -0.2) is 50.9 Å². The molecule has 0 radical (unpaired) electrons. The third kappa shape index (κ3) is 3.51. The van der Waals surface area contributed by atoms with Gasteiger partial charge in [0.1, 0.15) is 0 Å². The van der Waals surface area contributed by atoms with E-state index >= 15 is 0 Å². The van der Waals surface area contributed by atoms with Crippen molar-refractivity contribution in [3.05, 3.63) is 42.4 Å². The molecule has 0 saturated carbocycles. The monoisotopic (exact) mass is 340 g/mol. The summed E-state index contributed by atoms with van der Waals surface area (Å²) in [4.78, 5) is 19.3. The summed E-state index contributed by atoms with van der Waals surface area (Å²) >= 11 is 0. The summed E-state index contributed by atoms with van der Waals surface area (Å²) in [6, 6.07) is 6.36. The summed E-state index contributed by atoms with van der Waals surface area (Å²) in [6.45, 7) is 2.70. The molecule has 2 aromatic rings. The third-order valence-corrected chi connectivity index (χ3v) is 5.20. The quantitative estimate of drug-likeness (QED) is 0.888. The number of carbonyl (C=O) groups is 1. The predicted octanol–water partition coefficient (Wildman–Crippen LogP) is 1.69. The van der Waals surface area contributed by atoms with Crippen molar-refractivity contribution in [2.24, 2.45) is 0 Å². The zero-order valence-electron chi connectivity index (χ0n) is 14.3. The molecule has 4 heterocycles. The molecule has 2 fully saturated rings. The van der Waals surface area contributed by atoms with E-state index in [2.05, 4.69) is 25.6 Å². The molecule has 0 unspecified atom stereocenters. The van der Waals surface area contributed by atoms with Crippen LogP contribution >= 0.6 is 0 Å². The summed E-state index contributed by atoms with van der Waals surface area (Å²) in [5.41, 5.74) is 0.937. The number of pyridine rings is 1. The largest absolute Gasteiger partial charge is 0.334 e. The van der Waals surface area contributed by atoms with Crippen molar-refractivity contribution < 1.29 is 4.79 Å². The molecule has 0 aliphatic carbocycles. The highest BCUT2D eigenvalue weighted by atomic mass is 16.2. The van der Waals surface area contributed by atoms with E-state index < -0.39 is 0 Å². The predicted molar refractivity (Wildman–Crippen MR) is 94.3 cm³/mol. The molecule has 2 aliphatic heterocycles. The van der Waals surface area contributed by atoms with Crippen LogP contribution in [-0.2, 0) is 6.54 Å². The number of aromatic nitrogens is 3. The number of fused-ring (bicyclic) bond motifs is 1. The number of amides is 2. The number of piperidine rings is 1. The first-order chi connectivity index (χ1) is 12.3. The van der Waals surface area contributed by atoms with Crippen molar-refractivity contribution in [1.29, 1.82) is 0 Å². The molecule has 2 aliphatic rings. The van der Waals surface area contributed by atoms with Gasteiger partial charge in [0.15, 0.2) is 5.82 Å². The van der Waals surface area contributed by atoms with Gasteiger partial charge in [-0.05, 0) is 37.9 Å². The molecular formula is C18H24N6O. The molecule has 2 amide bonds. The van der Waals surface area contributed by atoms with Gasteiger partial charge in [-0.3, -0.25) is 4.90 Å². The van der Waals surface area contributed by atoms with Gasteiger partial charge in [-0.2, -0.15) is 5.10 Å². The Hall–Kier alpha value is -2.41. The lowest BCUT2D eigenvalue weighted by atomic mass is 9.99. The number of nitrogens with one attached hydrogen (secondary N) is 2. The van der Waals surface area contributed by atoms with Crippen molar-refractivity contribution in [3.8, 4) is 5.82 Å². The Morgan fingerprint density at radius 3 is 3.04 bits per heavy atom. The van der Waals surface area contributed by atoms with Crippen LogP contribution in [0.4, 0.5) is 4.79 Å². The maximum atomic E-state index is 12.4. The zero-order chi connectivity index (χ0) is 17.1. The molecule has 2 saturated heterocycles. The van der Waals surface area contributed by atoms with Crippen LogP contribution in [0.2, 0.25) is 0 Å². The average Bonchev–Trinajstić information content (AvgIpc) is 3.31. The van der Waals surface area contributed by atoms with Crippen molar-refractivity contribution in [2.75, 3.05) is 13.1 Å². The van der Waals surface area contributed by atoms with Crippen LogP contribution in [0.15, 0.2) is 36.8 Å². The van der Waals surface area contributed by atoms with Gasteiger partial charge in [-0.15, -0.1) is 0 Å². The molecule has 7 nitrogen and oxygen atoms in total. The minimum absolute atomic E-state index is 0.104. The second-order valence-electron chi connectivity index (χ2n) is 6.76. The molecule has 132 valence electrons. The highest BCUT2D eigenvalue weighted by Gasteiger charge is 2.36. The van der Waals surface area contributed by atoms with Crippen LogP contribution in [0.5, 0.6) is 0 Å². The zero-order valence-corrected chi connectivity index (χ0v) is 14.3. The van der Waals surface area contributed by atoms with Crippen molar-refractivity contribution in [2.45, 2.75) is 44.3 Å². The lowest BCUT2D eigenvalue weighted by Crippen LogP contribution is -2.49. The van der Waals surface area contributed by atoms with E-state index in [9.17, 15) is 4.79 Å². The van der Waals surface area contributed by atoms with Crippen molar-refractivity contribution in [1.82, 2.24) is 30.3 Å². The van der Waals surface area contributed by atoms with Gasteiger partial charge in [-0.25, -0.2) is 14.5 Å². The fourth-order valence-corrected chi connectivity index (χ4v) is 3.98. The van der Waals surface area contributed by atoms with Gasteiger partial charge >= 0.3 is 6.03 Å². The third-order valence-electron chi connectivity index (χ3n) is 5.20. The first-order valence-electron chi connectivity index (χ1n) is 9.03. The van der Waals surface area contributed by atoms with E-state index in [0.717, 1.165) is 24.3 Å². The number of rotatable bonds is 4.